The second kappa shape index (κ2) is 7.48. The van der Waals surface area contributed by atoms with Crippen molar-refractivity contribution in [2.75, 3.05) is 0 Å². The Morgan fingerprint density at radius 2 is 1.81 bits per heavy atom. The minimum absolute atomic E-state index is 0.0139. The first kappa shape index (κ1) is 15.9. The van der Waals surface area contributed by atoms with Crippen molar-refractivity contribution in [1.29, 1.82) is 0 Å². The van der Waals surface area contributed by atoms with Crippen LogP contribution in [0.3, 0.4) is 0 Å². The van der Waals surface area contributed by atoms with Gasteiger partial charge in [0, 0.05) is 11.6 Å². The first-order chi connectivity index (χ1) is 10.1. The summed E-state index contributed by atoms with van der Waals surface area (Å²) in [5, 5.41) is 6.25. The Hall–Kier alpha value is -1.51. The molecule has 0 saturated heterocycles. The van der Waals surface area contributed by atoms with Crippen molar-refractivity contribution in [3.63, 3.8) is 0 Å². The minimum Gasteiger partial charge on any atom is -0.335 e. The molecule has 3 heteroatoms. The van der Waals surface area contributed by atoms with Crippen molar-refractivity contribution in [2.24, 2.45) is 0 Å². The van der Waals surface area contributed by atoms with Crippen LogP contribution in [0, 0.1) is 0 Å². The Kier molecular flexibility index (Phi) is 5.66. The molecule has 2 rings (SSSR count). The summed E-state index contributed by atoms with van der Waals surface area (Å²) in [6.45, 7) is 4.19. The lowest BCUT2D eigenvalue weighted by Crippen LogP contribution is -2.51. The Bertz CT molecular complexity index is 436. The Labute approximate surface area is 128 Å². The molecule has 1 fully saturated rings. The maximum Gasteiger partial charge on any atom is 0.315 e. The summed E-state index contributed by atoms with van der Waals surface area (Å²) in [6, 6.07) is 10.8. The van der Waals surface area contributed by atoms with Gasteiger partial charge in [0.05, 0.1) is 0 Å². The predicted molar refractivity (Wildman–Crippen MR) is 87.4 cm³/mol. The van der Waals surface area contributed by atoms with Gasteiger partial charge in [0.25, 0.3) is 0 Å². The molecule has 0 aliphatic heterocycles. The molecule has 2 N–H and O–H groups in total. The van der Waals surface area contributed by atoms with E-state index in [0.29, 0.717) is 6.04 Å². The molecule has 116 valence electrons. The highest BCUT2D eigenvalue weighted by Crippen LogP contribution is 2.18. The summed E-state index contributed by atoms with van der Waals surface area (Å²) in [5.74, 6) is 0. The monoisotopic (exact) mass is 288 g/mol. The predicted octanol–water partition coefficient (Wildman–Crippen LogP) is 4.03. The van der Waals surface area contributed by atoms with Gasteiger partial charge in [-0.25, -0.2) is 4.79 Å². The number of aryl methyl sites for hydroxylation is 1. The molecular weight excluding hydrogens is 260 g/mol. The van der Waals surface area contributed by atoms with Crippen LogP contribution in [0.1, 0.15) is 57.9 Å². The zero-order valence-electron chi connectivity index (χ0n) is 13.3. The fraction of sp³-hybridized carbons (Fsp3) is 0.611. The molecule has 0 bridgehead atoms. The number of nitrogens with one attached hydrogen (secondary N) is 2. The number of benzene rings is 1. The van der Waals surface area contributed by atoms with E-state index >= 15 is 0 Å². The van der Waals surface area contributed by atoms with E-state index in [9.17, 15) is 4.79 Å². The van der Waals surface area contributed by atoms with Crippen LogP contribution in [0.5, 0.6) is 0 Å². The van der Waals surface area contributed by atoms with Crippen LogP contribution in [-0.4, -0.2) is 17.6 Å². The van der Waals surface area contributed by atoms with Crippen LogP contribution in [0.4, 0.5) is 4.79 Å². The number of amides is 2. The van der Waals surface area contributed by atoms with E-state index in [4.69, 9.17) is 0 Å². The lowest BCUT2D eigenvalue weighted by molar-refractivity contribution is 0.220. The van der Waals surface area contributed by atoms with Crippen LogP contribution in [0.2, 0.25) is 0 Å². The maximum atomic E-state index is 12.1. The molecule has 1 aromatic rings. The van der Waals surface area contributed by atoms with Crippen molar-refractivity contribution in [3.8, 4) is 0 Å². The highest BCUT2D eigenvalue weighted by molar-refractivity contribution is 5.75. The Balaban J connectivity index is 1.75. The Morgan fingerprint density at radius 1 is 1.14 bits per heavy atom. The van der Waals surface area contributed by atoms with E-state index < -0.39 is 0 Å². The molecule has 0 atom stereocenters. The molecule has 2 amide bonds. The first-order valence-corrected chi connectivity index (χ1v) is 8.18. The van der Waals surface area contributed by atoms with Gasteiger partial charge < -0.3 is 10.6 Å². The van der Waals surface area contributed by atoms with E-state index in [0.717, 1.165) is 25.7 Å². The Morgan fingerprint density at radius 3 is 2.48 bits per heavy atom. The summed E-state index contributed by atoms with van der Waals surface area (Å²) in [4.78, 5) is 12.1. The molecule has 0 radical (unpaired) electrons. The smallest absolute Gasteiger partial charge is 0.315 e. The summed E-state index contributed by atoms with van der Waals surface area (Å²) in [6.07, 6.45) is 7.95. The normalized spacial score (nSPS) is 16.5. The van der Waals surface area contributed by atoms with Crippen LogP contribution < -0.4 is 10.6 Å². The van der Waals surface area contributed by atoms with Crippen molar-refractivity contribution >= 4 is 6.03 Å². The quantitative estimate of drug-likeness (QED) is 0.844. The number of urea groups is 1. The molecule has 1 saturated carbocycles. The van der Waals surface area contributed by atoms with Crippen LogP contribution in [0.15, 0.2) is 30.3 Å². The molecule has 1 aliphatic rings. The molecule has 0 aromatic heterocycles. The van der Waals surface area contributed by atoms with Gasteiger partial charge in [-0.1, -0.05) is 49.6 Å². The van der Waals surface area contributed by atoms with E-state index in [2.05, 4.69) is 48.7 Å². The average Bonchev–Trinajstić information content (AvgIpc) is 2.47. The van der Waals surface area contributed by atoms with Crippen LogP contribution in [0.25, 0.3) is 0 Å². The van der Waals surface area contributed by atoms with E-state index in [-0.39, 0.29) is 11.6 Å². The first-order valence-electron chi connectivity index (χ1n) is 8.18. The fourth-order valence-electron chi connectivity index (χ4n) is 2.94. The van der Waals surface area contributed by atoms with Gasteiger partial charge in [0.1, 0.15) is 0 Å². The third-order valence-electron chi connectivity index (χ3n) is 4.27. The highest BCUT2D eigenvalue weighted by Gasteiger charge is 2.22. The van der Waals surface area contributed by atoms with Crippen molar-refractivity contribution in [1.82, 2.24) is 10.6 Å². The molecule has 1 aliphatic carbocycles. The number of hydrogen-bond acceptors (Lipinski definition) is 1. The van der Waals surface area contributed by atoms with Gasteiger partial charge in [0.15, 0.2) is 0 Å². The summed E-state index contributed by atoms with van der Waals surface area (Å²) in [5.41, 5.74) is 1.13. The molecule has 0 spiro atoms. The summed E-state index contributed by atoms with van der Waals surface area (Å²) >= 11 is 0. The number of hydrogen-bond donors (Lipinski definition) is 2. The fourth-order valence-corrected chi connectivity index (χ4v) is 2.94. The zero-order chi connectivity index (χ0) is 15.1. The molecule has 0 unspecified atom stereocenters. The van der Waals surface area contributed by atoms with Crippen molar-refractivity contribution in [2.45, 2.75) is 70.4 Å². The van der Waals surface area contributed by atoms with E-state index in [1.807, 2.05) is 6.07 Å². The molecule has 3 nitrogen and oxygen atoms in total. The van der Waals surface area contributed by atoms with Crippen molar-refractivity contribution < 1.29 is 4.79 Å². The molecule has 0 heterocycles. The minimum atomic E-state index is -0.186. The van der Waals surface area contributed by atoms with Gasteiger partial charge in [-0.05, 0) is 45.1 Å². The molecule has 1 aromatic carbocycles. The third kappa shape index (κ3) is 5.78. The SMILES string of the molecule is CC(C)(CCc1ccccc1)NC(=O)NC1CCCCC1. The number of carbonyl (C=O) groups excluding carboxylic acids is 1. The van der Waals surface area contributed by atoms with Gasteiger partial charge in [-0.2, -0.15) is 0 Å². The lowest BCUT2D eigenvalue weighted by Gasteiger charge is -2.29. The zero-order valence-corrected chi connectivity index (χ0v) is 13.3. The van der Waals surface area contributed by atoms with Gasteiger partial charge >= 0.3 is 6.03 Å². The highest BCUT2D eigenvalue weighted by atomic mass is 16.2. The van der Waals surface area contributed by atoms with E-state index in [1.54, 1.807) is 0 Å². The van der Waals surface area contributed by atoms with Crippen LogP contribution >= 0.6 is 0 Å². The molecular formula is C18H28N2O. The van der Waals surface area contributed by atoms with E-state index in [1.165, 1.54) is 24.8 Å². The van der Waals surface area contributed by atoms with Crippen LogP contribution in [-0.2, 0) is 6.42 Å². The number of rotatable bonds is 5. The lowest BCUT2D eigenvalue weighted by atomic mass is 9.94. The third-order valence-corrected chi connectivity index (χ3v) is 4.27. The van der Waals surface area contributed by atoms with Crippen molar-refractivity contribution in [3.05, 3.63) is 35.9 Å². The van der Waals surface area contributed by atoms with Gasteiger partial charge in [-0.15, -0.1) is 0 Å². The summed E-state index contributed by atoms with van der Waals surface area (Å²) < 4.78 is 0. The molecule has 21 heavy (non-hydrogen) atoms. The standard InChI is InChI=1S/C18H28N2O/c1-18(2,14-13-15-9-5-3-6-10-15)20-17(21)19-16-11-7-4-8-12-16/h3,5-6,9-10,16H,4,7-8,11-14H2,1-2H3,(H2,19,20,21). The second-order valence-electron chi connectivity index (χ2n) is 6.80. The van der Waals surface area contributed by atoms with Gasteiger partial charge in [0.2, 0.25) is 0 Å². The second-order valence-corrected chi connectivity index (χ2v) is 6.80. The number of carbonyl (C=O) groups is 1. The summed E-state index contributed by atoms with van der Waals surface area (Å²) in [7, 11) is 0. The topological polar surface area (TPSA) is 41.1 Å². The average molecular weight is 288 g/mol. The maximum absolute atomic E-state index is 12.1. The van der Waals surface area contributed by atoms with Gasteiger partial charge in [-0.3, -0.25) is 0 Å². The largest absolute Gasteiger partial charge is 0.335 e.